The second-order valence-electron chi connectivity index (χ2n) is 7.55. The number of carbonyl (C=O) groups excluding carboxylic acids is 4. The molecular formula is C20H28N4O5S. The first kappa shape index (κ1) is 22.2. The van der Waals surface area contributed by atoms with Crippen LogP contribution >= 0.6 is 11.3 Å². The van der Waals surface area contributed by atoms with Gasteiger partial charge < -0.3 is 25.2 Å². The molecule has 2 fully saturated rings. The number of amides is 3. The Hall–Kier alpha value is -2.46. The van der Waals surface area contributed by atoms with Crippen molar-refractivity contribution in [3.63, 3.8) is 0 Å². The summed E-state index contributed by atoms with van der Waals surface area (Å²) in [4.78, 5) is 54.4. The van der Waals surface area contributed by atoms with E-state index in [1.807, 2.05) is 0 Å². The van der Waals surface area contributed by atoms with Crippen molar-refractivity contribution >= 4 is 35.0 Å². The molecule has 2 aliphatic rings. The van der Waals surface area contributed by atoms with Crippen LogP contribution in [0.5, 0.6) is 0 Å². The van der Waals surface area contributed by atoms with Crippen molar-refractivity contribution < 1.29 is 23.9 Å². The zero-order valence-electron chi connectivity index (χ0n) is 17.3. The monoisotopic (exact) mass is 436 g/mol. The Labute approximate surface area is 179 Å². The van der Waals surface area contributed by atoms with Gasteiger partial charge in [-0.05, 0) is 44.3 Å². The van der Waals surface area contributed by atoms with Crippen LogP contribution in [-0.4, -0.2) is 85.4 Å². The van der Waals surface area contributed by atoms with Gasteiger partial charge in [0.2, 0.25) is 11.8 Å². The highest BCUT2D eigenvalue weighted by Gasteiger charge is 2.39. The molecule has 2 aliphatic heterocycles. The van der Waals surface area contributed by atoms with Crippen LogP contribution in [0, 0.1) is 5.92 Å². The number of carbonyl (C=O) groups is 4. The maximum absolute atomic E-state index is 13.0. The molecule has 10 heteroatoms. The van der Waals surface area contributed by atoms with E-state index in [4.69, 9.17) is 0 Å². The van der Waals surface area contributed by atoms with Gasteiger partial charge in [-0.1, -0.05) is 6.07 Å². The average molecular weight is 437 g/mol. The molecule has 2 atom stereocenters. The largest absolute Gasteiger partial charge is 0.467 e. The molecule has 2 saturated heterocycles. The Morgan fingerprint density at radius 2 is 1.97 bits per heavy atom. The van der Waals surface area contributed by atoms with Gasteiger partial charge in [-0.25, -0.2) is 4.79 Å². The number of rotatable bonds is 5. The first-order chi connectivity index (χ1) is 14.4. The third-order valence-electron chi connectivity index (χ3n) is 5.59. The Morgan fingerprint density at radius 3 is 2.60 bits per heavy atom. The van der Waals surface area contributed by atoms with Crippen LogP contribution < -0.4 is 10.6 Å². The van der Waals surface area contributed by atoms with Crippen LogP contribution in [0.3, 0.4) is 0 Å². The first-order valence-corrected chi connectivity index (χ1v) is 11.0. The van der Waals surface area contributed by atoms with E-state index >= 15 is 0 Å². The van der Waals surface area contributed by atoms with Crippen LogP contribution in [0.4, 0.5) is 0 Å². The van der Waals surface area contributed by atoms with E-state index < -0.39 is 24.0 Å². The minimum atomic E-state index is -0.869. The lowest BCUT2D eigenvalue weighted by Gasteiger charge is -2.42. The number of methoxy groups -OCH3 is 1. The van der Waals surface area contributed by atoms with Crippen LogP contribution in [0.25, 0.3) is 0 Å². The zero-order valence-corrected chi connectivity index (χ0v) is 18.1. The Kier molecular flexibility index (Phi) is 7.43. The molecule has 0 spiro atoms. The van der Waals surface area contributed by atoms with Gasteiger partial charge in [-0.15, -0.1) is 11.3 Å². The van der Waals surface area contributed by atoms with Crippen LogP contribution in [0.2, 0.25) is 0 Å². The standard InChI is InChI=1S/C20H28N4O5S/c1-13(20(28)29-2)22-17(25)15-12-23(18(26)14-5-7-21-8-6-14)9-10-24(15)19(27)16-4-3-11-30-16/h3-4,11,13-15,21H,5-10,12H2,1-2H3,(H,22,25)/t13-,15+/m1/s1. The van der Waals surface area contributed by atoms with E-state index in [1.165, 1.54) is 30.3 Å². The number of piperazine rings is 1. The summed E-state index contributed by atoms with van der Waals surface area (Å²) in [6.45, 7) is 3.88. The van der Waals surface area contributed by atoms with Gasteiger partial charge in [0.05, 0.1) is 18.5 Å². The van der Waals surface area contributed by atoms with Crippen molar-refractivity contribution in [3.05, 3.63) is 22.4 Å². The number of thiophene rings is 1. The van der Waals surface area contributed by atoms with Gasteiger partial charge in [0.15, 0.2) is 0 Å². The number of nitrogens with zero attached hydrogens (tertiary/aromatic N) is 2. The Bertz CT molecular complexity index is 778. The molecule has 3 heterocycles. The van der Waals surface area contributed by atoms with E-state index in [-0.39, 0.29) is 30.8 Å². The third kappa shape index (κ3) is 4.99. The highest BCUT2D eigenvalue weighted by atomic mass is 32.1. The predicted octanol–water partition coefficient (Wildman–Crippen LogP) is 0.0784. The van der Waals surface area contributed by atoms with Gasteiger partial charge in [0, 0.05) is 19.0 Å². The molecule has 1 aromatic heterocycles. The van der Waals surface area contributed by atoms with Crippen molar-refractivity contribution in [2.75, 3.05) is 39.8 Å². The van der Waals surface area contributed by atoms with Crippen LogP contribution in [-0.2, 0) is 19.1 Å². The number of hydrogen-bond acceptors (Lipinski definition) is 7. The van der Waals surface area contributed by atoms with E-state index in [1.54, 1.807) is 22.4 Å². The van der Waals surface area contributed by atoms with Gasteiger partial charge in [0.25, 0.3) is 5.91 Å². The summed E-state index contributed by atoms with van der Waals surface area (Å²) in [6, 6.07) is 1.78. The highest BCUT2D eigenvalue weighted by Crippen LogP contribution is 2.21. The third-order valence-corrected chi connectivity index (χ3v) is 6.45. The molecule has 0 unspecified atom stereocenters. The van der Waals surface area contributed by atoms with E-state index in [0.29, 0.717) is 11.4 Å². The number of nitrogens with one attached hydrogen (secondary N) is 2. The maximum atomic E-state index is 13.0. The summed E-state index contributed by atoms with van der Waals surface area (Å²) in [6.07, 6.45) is 1.53. The minimum Gasteiger partial charge on any atom is -0.467 e. The number of piperidine rings is 1. The second kappa shape index (κ2) is 10.0. The van der Waals surface area contributed by atoms with Crippen LogP contribution in [0.1, 0.15) is 29.4 Å². The molecule has 3 amide bonds. The van der Waals surface area contributed by atoms with Crippen molar-refractivity contribution in [1.29, 1.82) is 0 Å². The SMILES string of the molecule is COC(=O)[C@@H](C)NC(=O)[C@@H]1CN(C(=O)C2CCNCC2)CCN1C(=O)c1cccs1. The molecule has 9 nitrogen and oxygen atoms in total. The van der Waals surface area contributed by atoms with Crippen molar-refractivity contribution in [2.45, 2.75) is 31.8 Å². The van der Waals surface area contributed by atoms with Crippen molar-refractivity contribution in [3.8, 4) is 0 Å². The van der Waals surface area contributed by atoms with Gasteiger partial charge in [-0.2, -0.15) is 0 Å². The van der Waals surface area contributed by atoms with Gasteiger partial charge in [-0.3, -0.25) is 14.4 Å². The fourth-order valence-corrected chi connectivity index (χ4v) is 4.54. The van der Waals surface area contributed by atoms with E-state index in [0.717, 1.165) is 25.9 Å². The lowest BCUT2D eigenvalue weighted by molar-refractivity contribution is -0.146. The summed E-state index contributed by atoms with van der Waals surface area (Å²) >= 11 is 1.31. The van der Waals surface area contributed by atoms with Crippen molar-refractivity contribution in [2.24, 2.45) is 5.92 Å². The molecule has 3 rings (SSSR count). The fraction of sp³-hybridized carbons (Fsp3) is 0.600. The first-order valence-electron chi connectivity index (χ1n) is 10.1. The topological polar surface area (TPSA) is 108 Å². The zero-order chi connectivity index (χ0) is 21.7. The molecule has 0 saturated carbocycles. The summed E-state index contributed by atoms with van der Waals surface area (Å²) < 4.78 is 4.67. The quantitative estimate of drug-likeness (QED) is 0.633. The minimum absolute atomic E-state index is 0.0264. The van der Waals surface area contributed by atoms with Crippen molar-refractivity contribution in [1.82, 2.24) is 20.4 Å². The Morgan fingerprint density at radius 1 is 1.23 bits per heavy atom. The highest BCUT2D eigenvalue weighted by molar-refractivity contribution is 7.12. The molecule has 30 heavy (non-hydrogen) atoms. The summed E-state index contributed by atoms with van der Waals surface area (Å²) in [5, 5.41) is 7.67. The van der Waals surface area contributed by atoms with Gasteiger partial charge in [0.1, 0.15) is 12.1 Å². The Balaban J connectivity index is 1.76. The fourth-order valence-electron chi connectivity index (χ4n) is 3.86. The molecular weight excluding hydrogens is 408 g/mol. The summed E-state index contributed by atoms with van der Waals surface area (Å²) in [7, 11) is 1.25. The molecule has 1 aromatic rings. The summed E-state index contributed by atoms with van der Waals surface area (Å²) in [5.41, 5.74) is 0. The van der Waals surface area contributed by atoms with E-state index in [2.05, 4.69) is 15.4 Å². The average Bonchev–Trinajstić information content (AvgIpc) is 3.32. The summed E-state index contributed by atoms with van der Waals surface area (Å²) in [5.74, 6) is -1.33. The predicted molar refractivity (Wildman–Crippen MR) is 111 cm³/mol. The molecule has 0 bridgehead atoms. The van der Waals surface area contributed by atoms with Gasteiger partial charge >= 0.3 is 5.97 Å². The normalized spacial score (nSPS) is 21.1. The maximum Gasteiger partial charge on any atom is 0.328 e. The smallest absolute Gasteiger partial charge is 0.328 e. The number of ether oxygens (including phenoxy) is 1. The molecule has 164 valence electrons. The molecule has 0 aliphatic carbocycles. The number of esters is 1. The molecule has 2 N–H and O–H groups in total. The lowest BCUT2D eigenvalue weighted by atomic mass is 9.95. The lowest BCUT2D eigenvalue weighted by Crippen LogP contribution is -2.63. The van der Waals surface area contributed by atoms with E-state index in [9.17, 15) is 19.2 Å². The molecule has 0 aromatic carbocycles. The second-order valence-corrected chi connectivity index (χ2v) is 8.50. The molecule has 0 radical (unpaired) electrons. The number of hydrogen-bond donors (Lipinski definition) is 2. The van der Waals surface area contributed by atoms with Crippen LogP contribution in [0.15, 0.2) is 17.5 Å².